The van der Waals surface area contributed by atoms with Crippen LogP contribution in [0.3, 0.4) is 0 Å². The predicted molar refractivity (Wildman–Crippen MR) is 47.5 cm³/mol. The summed E-state index contributed by atoms with van der Waals surface area (Å²) in [7, 11) is 0. The van der Waals surface area contributed by atoms with Gasteiger partial charge in [-0.15, -0.1) is 0 Å². The van der Waals surface area contributed by atoms with Crippen LogP contribution in [0.25, 0.3) is 0 Å². The highest BCUT2D eigenvalue weighted by molar-refractivity contribution is 5.08. The second-order valence-electron chi connectivity index (χ2n) is 2.10. The SMILES string of the molecule is C=C/C=C\C=C/CCCNO. The average Bonchev–Trinajstić information content (AvgIpc) is 2.03. The van der Waals surface area contributed by atoms with Crippen LogP contribution in [0.5, 0.6) is 0 Å². The minimum Gasteiger partial charge on any atom is -0.317 e. The van der Waals surface area contributed by atoms with Gasteiger partial charge >= 0.3 is 0 Å². The molecule has 0 amide bonds. The number of hydrogen-bond acceptors (Lipinski definition) is 2. The maximum Gasteiger partial charge on any atom is 0.0210 e. The van der Waals surface area contributed by atoms with Crippen LogP contribution in [0.4, 0.5) is 0 Å². The third-order valence-corrected chi connectivity index (χ3v) is 1.15. The maximum atomic E-state index is 8.21. The zero-order valence-electron chi connectivity index (χ0n) is 6.66. The largest absolute Gasteiger partial charge is 0.317 e. The summed E-state index contributed by atoms with van der Waals surface area (Å²) in [6, 6.07) is 0. The Hall–Kier alpha value is -0.860. The summed E-state index contributed by atoms with van der Waals surface area (Å²) < 4.78 is 0. The highest BCUT2D eigenvalue weighted by Crippen LogP contribution is 1.89. The van der Waals surface area contributed by atoms with Crippen LogP contribution in [0.1, 0.15) is 12.8 Å². The number of hydrogen-bond donors (Lipinski definition) is 2. The van der Waals surface area contributed by atoms with Crippen LogP contribution in [0, 0.1) is 0 Å². The second-order valence-corrected chi connectivity index (χ2v) is 2.10. The fourth-order valence-corrected chi connectivity index (χ4v) is 0.616. The normalized spacial score (nSPS) is 11.4. The van der Waals surface area contributed by atoms with Crippen LogP contribution < -0.4 is 5.48 Å². The van der Waals surface area contributed by atoms with Crippen molar-refractivity contribution in [1.29, 1.82) is 0 Å². The molecule has 2 nitrogen and oxygen atoms in total. The molecule has 2 N–H and O–H groups in total. The Bertz CT molecular complexity index is 138. The molecule has 62 valence electrons. The van der Waals surface area contributed by atoms with Crippen molar-refractivity contribution >= 4 is 0 Å². The summed E-state index contributed by atoms with van der Waals surface area (Å²) in [5, 5.41) is 8.21. The third kappa shape index (κ3) is 9.14. The molecule has 0 aromatic rings. The number of nitrogens with one attached hydrogen (secondary N) is 1. The van der Waals surface area contributed by atoms with Gasteiger partial charge in [-0.2, -0.15) is 0 Å². The molecule has 0 aromatic heterocycles. The van der Waals surface area contributed by atoms with Gasteiger partial charge in [-0.05, 0) is 12.8 Å². The van der Waals surface area contributed by atoms with Crippen molar-refractivity contribution < 1.29 is 5.21 Å². The summed E-state index contributed by atoms with van der Waals surface area (Å²) >= 11 is 0. The van der Waals surface area contributed by atoms with Crippen molar-refractivity contribution in [3.8, 4) is 0 Å². The molecule has 0 atom stereocenters. The van der Waals surface area contributed by atoms with Crippen molar-refractivity contribution in [1.82, 2.24) is 5.48 Å². The van der Waals surface area contributed by atoms with E-state index in [1.54, 1.807) is 6.08 Å². The van der Waals surface area contributed by atoms with E-state index in [0.717, 1.165) is 12.8 Å². The van der Waals surface area contributed by atoms with Gasteiger partial charge < -0.3 is 5.21 Å². The van der Waals surface area contributed by atoms with Crippen molar-refractivity contribution in [3.63, 3.8) is 0 Å². The minimum atomic E-state index is 0.648. The van der Waals surface area contributed by atoms with E-state index in [9.17, 15) is 0 Å². The van der Waals surface area contributed by atoms with Gasteiger partial charge in [-0.1, -0.05) is 37.0 Å². The molecular weight excluding hydrogens is 138 g/mol. The van der Waals surface area contributed by atoms with Gasteiger partial charge in [0, 0.05) is 6.54 Å². The molecular formula is C9H15NO. The third-order valence-electron chi connectivity index (χ3n) is 1.15. The van der Waals surface area contributed by atoms with Crippen LogP contribution in [-0.2, 0) is 0 Å². The van der Waals surface area contributed by atoms with Crippen LogP contribution in [0.2, 0.25) is 0 Å². The summed E-state index contributed by atoms with van der Waals surface area (Å²) in [6.07, 6.45) is 11.5. The number of allylic oxidation sites excluding steroid dienone is 5. The summed E-state index contributed by atoms with van der Waals surface area (Å²) in [5.41, 5.74) is 2.10. The van der Waals surface area contributed by atoms with Crippen LogP contribution in [-0.4, -0.2) is 11.8 Å². The quantitative estimate of drug-likeness (QED) is 0.348. The molecule has 0 aromatic carbocycles. The predicted octanol–water partition coefficient (Wildman–Crippen LogP) is 2.04. The maximum absolute atomic E-state index is 8.21. The lowest BCUT2D eigenvalue weighted by molar-refractivity contribution is 0.166. The van der Waals surface area contributed by atoms with Crippen molar-refractivity contribution in [3.05, 3.63) is 37.0 Å². The van der Waals surface area contributed by atoms with E-state index in [1.807, 2.05) is 18.2 Å². The molecule has 0 spiro atoms. The van der Waals surface area contributed by atoms with E-state index in [4.69, 9.17) is 5.21 Å². The molecule has 0 bridgehead atoms. The molecule has 0 aliphatic rings. The Balaban J connectivity index is 3.15. The molecule has 2 heteroatoms. The Morgan fingerprint density at radius 2 is 2.09 bits per heavy atom. The number of hydroxylamine groups is 1. The molecule has 0 heterocycles. The lowest BCUT2D eigenvalue weighted by Gasteiger charge is -1.91. The van der Waals surface area contributed by atoms with Crippen molar-refractivity contribution in [2.45, 2.75) is 12.8 Å². The fraction of sp³-hybridized carbons (Fsp3) is 0.333. The highest BCUT2D eigenvalue weighted by atomic mass is 16.5. The van der Waals surface area contributed by atoms with E-state index in [2.05, 4.69) is 18.1 Å². The van der Waals surface area contributed by atoms with Gasteiger partial charge in [0.2, 0.25) is 0 Å². The number of unbranched alkanes of at least 4 members (excludes halogenated alkanes) is 1. The minimum absolute atomic E-state index is 0.648. The summed E-state index contributed by atoms with van der Waals surface area (Å²) in [6.45, 7) is 4.19. The van der Waals surface area contributed by atoms with Crippen LogP contribution >= 0.6 is 0 Å². The number of rotatable bonds is 6. The monoisotopic (exact) mass is 153 g/mol. The van der Waals surface area contributed by atoms with Gasteiger partial charge in [0.1, 0.15) is 0 Å². The van der Waals surface area contributed by atoms with Gasteiger partial charge in [0.05, 0.1) is 0 Å². The van der Waals surface area contributed by atoms with Crippen molar-refractivity contribution in [2.24, 2.45) is 0 Å². The Morgan fingerprint density at radius 3 is 2.73 bits per heavy atom. The molecule has 0 rings (SSSR count). The first-order valence-electron chi connectivity index (χ1n) is 3.73. The van der Waals surface area contributed by atoms with E-state index < -0.39 is 0 Å². The summed E-state index contributed by atoms with van der Waals surface area (Å²) in [5.74, 6) is 0. The first kappa shape index (κ1) is 10.1. The lowest BCUT2D eigenvalue weighted by Crippen LogP contribution is -2.07. The van der Waals surface area contributed by atoms with E-state index in [0.29, 0.717) is 6.54 Å². The van der Waals surface area contributed by atoms with Gasteiger partial charge in [-0.3, -0.25) is 0 Å². The molecule has 0 aliphatic heterocycles. The molecule has 0 aliphatic carbocycles. The van der Waals surface area contributed by atoms with Gasteiger partial charge in [-0.25, -0.2) is 5.48 Å². The van der Waals surface area contributed by atoms with Crippen LogP contribution in [0.15, 0.2) is 37.0 Å². The Kier molecular flexibility index (Phi) is 8.43. The second kappa shape index (κ2) is 9.14. The van der Waals surface area contributed by atoms with E-state index in [-0.39, 0.29) is 0 Å². The first-order chi connectivity index (χ1) is 5.41. The van der Waals surface area contributed by atoms with Gasteiger partial charge in [0.15, 0.2) is 0 Å². The standard InChI is InChI=1S/C9H15NO/c1-2-3-4-5-6-7-8-9-10-11/h2-6,10-11H,1,7-9H2/b4-3-,6-5-. The molecule has 0 saturated heterocycles. The highest BCUT2D eigenvalue weighted by Gasteiger charge is 1.78. The topological polar surface area (TPSA) is 32.3 Å². The van der Waals surface area contributed by atoms with Gasteiger partial charge in [0.25, 0.3) is 0 Å². The molecule has 0 fully saturated rings. The average molecular weight is 153 g/mol. The van der Waals surface area contributed by atoms with E-state index >= 15 is 0 Å². The molecule has 0 unspecified atom stereocenters. The molecule has 0 saturated carbocycles. The molecule has 0 radical (unpaired) electrons. The summed E-state index contributed by atoms with van der Waals surface area (Å²) in [4.78, 5) is 0. The molecule has 11 heavy (non-hydrogen) atoms. The zero-order chi connectivity index (χ0) is 8.36. The van der Waals surface area contributed by atoms with E-state index in [1.165, 1.54) is 0 Å². The Labute approximate surface area is 67.9 Å². The fourth-order valence-electron chi connectivity index (χ4n) is 0.616. The Morgan fingerprint density at radius 1 is 1.27 bits per heavy atom. The smallest absolute Gasteiger partial charge is 0.0210 e. The lowest BCUT2D eigenvalue weighted by atomic mass is 10.3. The van der Waals surface area contributed by atoms with Crippen molar-refractivity contribution in [2.75, 3.05) is 6.54 Å². The zero-order valence-corrected chi connectivity index (χ0v) is 6.66. The first-order valence-corrected chi connectivity index (χ1v) is 3.73.